The van der Waals surface area contributed by atoms with Crippen LogP contribution in [-0.4, -0.2) is 41.2 Å². The zero-order chi connectivity index (χ0) is 21.2. The molecule has 1 aromatic carbocycles. The number of esters is 1. The first kappa shape index (κ1) is 21.2. The molecule has 1 fully saturated rings. The molecule has 0 saturated carbocycles. The minimum absolute atomic E-state index is 0.138. The van der Waals surface area contributed by atoms with E-state index in [9.17, 15) is 14.4 Å². The topological polar surface area (TPSA) is 75.5 Å². The van der Waals surface area contributed by atoms with Gasteiger partial charge in [-0.25, -0.2) is 4.79 Å². The number of hydrogen-bond donors (Lipinski definition) is 1. The van der Waals surface area contributed by atoms with Gasteiger partial charge in [-0.3, -0.25) is 9.59 Å². The predicted octanol–water partition coefficient (Wildman–Crippen LogP) is 3.40. The maximum absolute atomic E-state index is 13.2. The number of hydrogen-bond acceptors (Lipinski definition) is 4. The van der Waals surface area contributed by atoms with Gasteiger partial charge in [-0.2, -0.15) is 4.58 Å². The number of rotatable bonds is 6. The van der Waals surface area contributed by atoms with E-state index in [0.717, 1.165) is 18.5 Å². The second kappa shape index (κ2) is 8.09. The summed E-state index contributed by atoms with van der Waals surface area (Å²) in [6, 6.07) is 9.00. The molecule has 1 aromatic rings. The Kier molecular flexibility index (Phi) is 5.92. The van der Waals surface area contributed by atoms with Crippen LogP contribution < -0.4 is 5.32 Å². The van der Waals surface area contributed by atoms with E-state index in [1.54, 1.807) is 10.8 Å². The molecule has 3 rings (SSSR count). The van der Waals surface area contributed by atoms with Crippen LogP contribution in [0.25, 0.3) is 0 Å². The number of anilines is 1. The SMILES string of the molecule is CCCCOC(=O)[C@]1(C(C)(C)C)C(=O)[N+]2=CC(C(=O)Nc3ccccc3)CC[C@H]21. The van der Waals surface area contributed by atoms with Crippen LogP contribution in [0, 0.1) is 16.7 Å². The molecule has 6 heteroatoms. The summed E-state index contributed by atoms with van der Waals surface area (Å²) in [7, 11) is 0. The van der Waals surface area contributed by atoms with E-state index >= 15 is 0 Å². The maximum Gasteiger partial charge on any atom is 0.411 e. The molecule has 6 nitrogen and oxygen atoms in total. The van der Waals surface area contributed by atoms with Crippen LogP contribution in [0.2, 0.25) is 0 Å². The van der Waals surface area contributed by atoms with Crippen molar-refractivity contribution in [1.29, 1.82) is 0 Å². The molecule has 1 N–H and O–H groups in total. The zero-order valence-corrected chi connectivity index (χ0v) is 17.7. The Morgan fingerprint density at radius 3 is 2.52 bits per heavy atom. The van der Waals surface area contributed by atoms with Gasteiger partial charge in [-0.05, 0) is 30.4 Å². The standard InChI is InChI=1S/C23H30N2O4/c1-5-6-14-29-21(28)23(22(2,3)4)18-13-12-16(15-25(18)20(23)27)19(26)24-17-10-8-7-9-11-17/h7-11,15-16,18H,5-6,12-14H2,1-4H3/p+1/t16?,18-,23+/m0/s1. The number of amides is 2. The molecular formula is C23H31N2O4+. The normalized spacial score (nSPS) is 26.1. The molecule has 0 bridgehead atoms. The molecule has 29 heavy (non-hydrogen) atoms. The lowest BCUT2D eigenvalue weighted by molar-refractivity contribution is -0.573. The van der Waals surface area contributed by atoms with E-state index < -0.39 is 22.7 Å². The Labute approximate surface area is 172 Å². The Hall–Kier alpha value is -2.50. The third-order valence-electron chi connectivity index (χ3n) is 6.11. The summed E-state index contributed by atoms with van der Waals surface area (Å²) < 4.78 is 7.10. The average Bonchev–Trinajstić information content (AvgIpc) is 2.67. The van der Waals surface area contributed by atoms with Crippen molar-refractivity contribution in [3.05, 3.63) is 30.3 Å². The van der Waals surface area contributed by atoms with Crippen molar-refractivity contribution in [1.82, 2.24) is 0 Å². The maximum atomic E-state index is 13.2. The van der Waals surface area contributed by atoms with Crippen molar-refractivity contribution < 1.29 is 23.7 Å². The second-order valence-corrected chi connectivity index (χ2v) is 8.96. The zero-order valence-electron chi connectivity index (χ0n) is 17.7. The number of carbonyl (C=O) groups is 3. The van der Waals surface area contributed by atoms with Gasteiger partial charge in [0.25, 0.3) is 5.41 Å². The number of carbonyl (C=O) groups excluding carboxylic acids is 3. The van der Waals surface area contributed by atoms with Crippen LogP contribution in [0.4, 0.5) is 5.69 Å². The molecular weight excluding hydrogens is 368 g/mol. The van der Waals surface area contributed by atoms with Gasteiger partial charge in [-0.15, -0.1) is 0 Å². The summed E-state index contributed by atoms with van der Waals surface area (Å²) in [5.41, 5.74) is -1.02. The smallest absolute Gasteiger partial charge is 0.411 e. The van der Waals surface area contributed by atoms with Crippen molar-refractivity contribution in [2.75, 3.05) is 11.9 Å². The van der Waals surface area contributed by atoms with Crippen LogP contribution in [0.5, 0.6) is 0 Å². The predicted molar refractivity (Wildman–Crippen MR) is 111 cm³/mol. The van der Waals surface area contributed by atoms with Crippen LogP contribution in [0.3, 0.4) is 0 Å². The molecule has 2 aliphatic heterocycles. The molecule has 156 valence electrons. The fourth-order valence-corrected chi connectivity index (χ4v) is 4.49. The Balaban J connectivity index is 1.80. The number of para-hydroxylation sites is 1. The van der Waals surface area contributed by atoms with E-state index in [0.29, 0.717) is 19.4 Å². The number of fused-ring (bicyclic) bond motifs is 1. The quantitative estimate of drug-likeness (QED) is 0.262. The monoisotopic (exact) mass is 399 g/mol. The molecule has 2 heterocycles. The molecule has 2 aliphatic rings. The van der Waals surface area contributed by atoms with Crippen molar-refractivity contribution >= 4 is 29.7 Å². The lowest BCUT2D eigenvalue weighted by Gasteiger charge is -2.49. The van der Waals surface area contributed by atoms with Crippen LogP contribution in [0.1, 0.15) is 53.4 Å². The van der Waals surface area contributed by atoms with E-state index in [2.05, 4.69) is 5.32 Å². The number of β-lactam (4-membered cyclic amide) rings is 1. The second-order valence-electron chi connectivity index (χ2n) is 8.96. The van der Waals surface area contributed by atoms with Crippen molar-refractivity contribution in [2.24, 2.45) is 16.7 Å². The molecule has 0 radical (unpaired) electrons. The minimum Gasteiger partial charge on any atom is -0.465 e. The van der Waals surface area contributed by atoms with Crippen LogP contribution >= 0.6 is 0 Å². The Morgan fingerprint density at radius 1 is 1.21 bits per heavy atom. The van der Waals surface area contributed by atoms with Crippen molar-refractivity contribution in [2.45, 2.75) is 59.4 Å². The van der Waals surface area contributed by atoms with Gasteiger partial charge in [0.1, 0.15) is 5.92 Å². The fraction of sp³-hybridized carbons (Fsp3) is 0.565. The first-order valence-electron chi connectivity index (χ1n) is 10.4. The lowest BCUT2D eigenvalue weighted by Crippen LogP contribution is -2.74. The van der Waals surface area contributed by atoms with Gasteiger partial charge in [0, 0.05) is 12.1 Å². The van der Waals surface area contributed by atoms with Crippen molar-refractivity contribution in [3.8, 4) is 0 Å². The highest BCUT2D eigenvalue weighted by atomic mass is 16.5. The fourth-order valence-electron chi connectivity index (χ4n) is 4.49. The summed E-state index contributed by atoms with van der Waals surface area (Å²) in [6.45, 7) is 8.10. The average molecular weight is 400 g/mol. The van der Waals surface area contributed by atoms with Gasteiger partial charge in [0.15, 0.2) is 12.3 Å². The molecule has 1 saturated heterocycles. The highest BCUT2D eigenvalue weighted by molar-refractivity contribution is 6.08. The number of nitrogens with one attached hydrogen (secondary N) is 1. The first-order valence-corrected chi connectivity index (χ1v) is 10.4. The Bertz CT molecular complexity index is 825. The highest BCUT2D eigenvalue weighted by Crippen LogP contribution is 2.53. The molecule has 0 aromatic heterocycles. The van der Waals surface area contributed by atoms with Crippen LogP contribution in [0.15, 0.2) is 30.3 Å². The van der Waals surface area contributed by atoms with Gasteiger partial charge in [-0.1, -0.05) is 52.3 Å². The molecule has 0 aliphatic carbocycles. The number of benzene rings is 1. The first-order chi connectivity index (χ1) is 13.7. The molecule has 2 amide bonds. The molecule has 3 atom stereocenters. The molecule has 1 unspecified atom stereocenters. The number of ether oxygens (including phenoxy) is 1. The summed E-state index contributed by atoms with van der Waals surface area (Å²) in [4.78, 5) is 38.9. The third-order valence-corrected chi connectivity index (χ3v) is 6.11. The highest BCUT2D eigenvalue weighted by Gasteiger charge is 2.79. The number of nitrogens with zero attached hydrogens (tertiary/aromatic N) is 1. The lowest BCUT2D eigenvalue weighted by atomic mass is 9.55. The Morgan fingerprint density at radius 2 is 1.90 bits per heavy atom. The van der Waals surface area contributed by atoms with Gasteiger partial charge in [0.2, 0.25) is 5.91 Å². The van der Waals surface area contributed by atoms with E-state index in [-0.39, 0.29) is 17.9 Å². The van der Waals surface area contributed by atoms with E-state index in [1.165, 1.54) is 0 Å². The third kappa shape index (κ3) is 3.61. The summed E-state index contributed by atoms with van der Waals surface area (Å²) >= 11 is 0. The van der Waals surface area contributed by atoms with Crippen LogP contribution in [-0.2, 0) is 19.1 Å². The van der Waals surface area contributed by atoms with E-state index in [4.69, 9.17) is 4.74 Å². The minimum atomic E-state index is -1.18. The molecule has 0 spiro atoms. The van der Waals surface area contributed by atoms with Gasteiger partial charge < -0.3 is 10.1 Å². The summed E-state index contributed by atoms with van der Waals surface area (Å²) in [5, 5.41) is 2.89. The summed E-state index contributed by atoms with van der Waals surface area (Å²) in [6.07, 6.45) is 4.58. The number of unbranched alkanes of at least 4 members (excludes halogenated alkanes) is 1. The van der Waals surface area contributed by atoms with Crippen molar-refractivity contribution in [3.63, 3.8) is 0 Å². The largest absolute Gasteiger partial charge is 0.465 e. The van der Waals surface area contributed by atoms with Gasteiger partial charge in [0.05, 0.1) is 6.61 Å². The van der Waals surface area contributed by atoms with Gasteiger partial charge >= 0.3 is 11.9 Å². The van der Waals surface area contributed by atoms with E-state index in [1.807, 2.05) is 58.0 Å². The summed E-state index contributed by atoms with van der Waals surface area (Å²) in [5.74, 6) is -1.22.